The fourth-order valence-corrected chi connectivity index (χ4v) is 6.84. The minimum Gasteiger partial charge on any atom is -0.478 e. The second-order valence-electron chi connectivity index (χ2n) is 10.9. The number of carboxylic acids is 1. The van der Waals surface area contributed by atoms with Crippen LogP contribution in [-0.4, -0.2) is 60.2 Å². The minimum absolute atomic E-state index is 0.0131. The monoisotopic (exact) mass is 735 g/mol. The molecule has 1 aliphatic heterocycles. The lowest BCUT2D eigenvalue weighted by atomic mass is 9.88. The molecule has 0 bridgehead atoms. The number of nitrogen functional groups attached to an aromatic ring is 1. The Morgan fingerprint density at radius 1 is 0.961 bits per heavy atom. The van der Waals surface area contributed by atoms with Gasteiger partial charge in [0.25, 0.3) is 26.1 Å². The molecule has 0 atom stereocenters. The SMILES string of the molecule is [N-]=[N+]=NCc1ccc(C(=O)NCCCC(=O)c2ccc(C(=O)O)c(-c3c4ccc(=N)c(S(=O)(=O)O)c-4oc4c(S(=O)(=O)O)c(N)ccc34)c2)cn1. The Morgan fingerprint density at radius 3 is 2.29 bits per heavy atom. The van der Waals surface area contributed by atoms with E-state index in [9.17, 15) is 45.4 Å². The third-order valence-corrected chi connectivity index (χ3v) is 9.46. The van der Waals surface area contributed by atoms with Gasteiger partial charge in [0.1, 0.15) is 0 Å². The van der Waals surface area contributed by atoms with Crippen LogP contribution in [0.4, 0.5) is 5.69 Å². The first kappa shape index (κ1) is 36.1. The zero-order chi connectivity index (χ0) is 37.2. The van der Waals surface area contributed by atoms with Crippen LogP contribution >= 0.6 is 0 Å². The number of azide groups is 1. The fraction of sp³-hybridized carbons (Fsp3) is 0.129. The number of rotatable bonds is 12. The quantitative estimate of drug-likeness (QED) is 0.0154. The third kappa shape index (κ3) is 7.39. The summed E-state index contributed by atoms with van der Waals surface area (Å²) >= 11 is 0. The van der Waals surface area contributed by atoms with Gasteiger partial charge in [-0.15, -0.1) is 0 Å². The van der Waals surface area contributed by atoms with Gasteiger partial charge in [-0.05, 0) is 66.0 Å². The lowest BCUT2D eigenvalue weighted by Crippen LogP contribution is -2.25. The second-order valence-corrected chi connectivity index (χ2v) is 13.6. The summed E-state index contributed by atoms with van der Waals surface area (Å²) in [6.45, 7) is 0.0773. The van der Waals surface area contributed by atoms with E-state index in [0.717, 1.165) is 18.2 Å². The number of pyridine rings is 1. The molecular formula is C31H25N7O11S2. The number of carbonyl (C=O) groups excluding carboxylic acids is 2. The van der Waals surface area contributed by atoms with Gasteiger partial charge >= 0.3 is 5.97 Å². The number of carboxylic acid groups (broad SMARTS) is 1. The molecule has 0 radical (unpaired) electrons. The highest BCUT2D eigenvalue weighted by Gasteiger charge is 2.32. The first-order chi connectivity index (χ1) is 24.0. The molecule has 1 aliphatic carbocycles. The van der Waals surface area contributed by atoms with Crippen LogP contribution in [0.1, 0.15) is 49.6 Å². The van der Waals surface area contributed by atoms with Crippen LogP contribution in [0.3, 0.4) is 0 Å². The normalized spacial score (nSPS) is 11.6. The number of nitrogens with one attached hydrogen (secondary N) is 2. The fourth-order valence-electron chi connectivity index (χ4n) is 5.36. The Balaban J connectivity index is 1.56. The van der Waals surface area contributed by atoms with E-state index in [1.54, 1.807) is 0 Å². The summed E-state index contributed by atoms with van der Waals surface area (Å²) in [6, 6.07) is 11.0. The first-order valence-electron chi connectivity index (χ1n) is 14.5. The van der Waals surface area contributed by atoms with E-state index in [1.165, 1.54) is 42.6 Å². The van der Waals surface area contributed by atoms with Crippen LogP contribution in [0, 0.1) is 5.41 Å². The Morgan fingerprint density at radius 2 is 1.67 bits per heavy atom. The molecule has 20 heteroatoms. The zero-order valence-corrected chi connectivity index (χ0v) is 27.5. The summed E-state index contributed by atoms with van der Waals surface area (Å²) in [4.78, 5) is 42.9. The molecule has 0 saturated heterocycles. The molecular weight excluding hydrogens is 711 g/mol. The molecule has 262 valence electrons. The molecule has 3 aromatic rings. The van der Waals surface area contributed by atoms with Crippen molar-refractivity contribution in [2.24, 2.45) is 5.11 Å². The number of aromatic carboxylic acids is 1. The molecule has 0 saturated carbocycles. The maximum atomic E-state index is 13.3. The van der Waals surface area contributed by atoms with Crippen LogP contribution in [0.15, 0.2) is 80.1 Å². The number of hydrogen-bond acceptors (Lipinski definition) is 12. The van der Waals surface area contributed by atoms with Gasteiger partial charge in [0.05, 0.1) is 28.7 Å². The van der Waals surface area contributed by atoms with Crippen molar-refractivity contribution >= 4 is 54.6 Å². The number of benzene rings is 3. The lowest BCUT2D eigenvalue weighted by molar-refractivity contribution is 0.0696. The Bertz CT molecular complexity index is 2560. The van der Waals surface area contributed by atoms with E-state index in [-0.39, 0.29) is 59.1 Å². The summed E-state index contributed by atoms with van der Waals surface area (Å²) in [5.74, 6) is -3.22. The number of anilines is 1. The van der Waals surface area contributed by atoms with E-state index >= 15 is 0 Å². The number of aromatic nitrogens is 1. The van der Waals surface area contributed by atoms with Crippen LogP contribution in [-0.2, 0) is 26.8 Å². The maximum Gasteiger partial charge on any atom is 0.336 e. The molecule has 5 rings (SSSR count). The van der Waals surface area contributed by atoms with E-state index in [4.69, 9.17) is 21.1 Å². The summed E-state index contributed by atoms with van der Waals surface area (Å²) in [7, 11) is -10.4. The van der Waals surface area contributed by atoms with Crippen molar-refractivity contribution in [2.45, 2.75) is 29.2 Å². The predicted octanol–water partition coefficient (Wildman–Crippen LogP) is 4.06. The van der Waals surface area contributed by atoms with E-state index < -0.39 is 75.6 Å². The molecule has 1 aromatic heterocycles. The number of amides is 1. The van der Waals surface area contributed by atoms with Gasteiger partial charge in [-0.25, -0.2) is 4.79 Å². The molecule has 2 aromatic carbocycles. The van der Waals surface area contributed by atoms with Crippen LogP contribution in [0.2, 0.25) is 0 Å². The topological polar surface area (TPSA) is 317 Å². The maximum absolute atomic E-state index is 13.3. The largest absolute Gasteiger partial charge is 0.478 e. The number of fused-ring (bicyclic) bond motifs is 2. The molecule has 7 N–H and O–H groups in total. The van der Waals surface area contributed by atoms with Crippen LogP contribution in [0.5, 0.6) is 0 Å². The van der Waals surface area contributed by atoms with Crippen molar-refractivity contribution in [3.8, 4) is 22.5 Å². The van der Waals surface area contributed by atoms with Crippen LogP contribution < -0.4 is 16.4 Å². The standard InChI is InChI=1S/C31H25N7O11S2/c32-22-9-7-19-25(20-8-10-23(33)29(51(46,47)48)27(20)49-26(19)28(22)50(43,44)45)21-12-15(4-6-18(21)31(41)42)24(39)2-1-11-35-30(40)16-3-5-17(36-13-16)14-37-38-34/h3-10,12-13,32H,1-2,11,14,33H2,(H,35,40)(H,41,42)(H,43,44,45)(H,46,47,48). The third-order valence-electron chi connectivity index (χ3n) is 7.60. The Labute approximate surface area is 287 Å². The Kier molecular flexibility index (Phi) is 9.90. The van der Waals surface area contributed by atoms with Crippen molar-refractivity contribution in [2.75, 3.05) is 12.3 Å². The number of nitrogens with two attached hydrogens (primary N) is 1. The average Bonchev–Trinajstić information content (AvgIpc) is 3.06. The van der Waals surface area contributed by atoms with Crippen molar-refractivity contribution in [3.05, 3.63) is 99.0 Å². The van der Waals surface area contributed by atoms with E-state index in [1.807, 2.05) is 0 Å². The molecule has 18 nitrogen and oxygen atoms in total. The first-order valence-corrected chi connectivity index (χ1v) is 17.4. The minimum atomic E-state index is -5.22. The summed E-state index contributed by atoms with van der Waals surface area (Å²) in [5, 5.41) is 23.4. The summed E-state index contributed by atoms with van der Waals surface area (Å²) in [6.07, 6.45) is 1.33. The van der Waals surface area contributed by atoms with Gasteiger partial charge in [0, 0.05) is 51.8 Å². The highest BCUT2D eigenvalue weighted by molar-refractivity contribution is 7.86. The number of carbonyl (C=O) groups is 3. The predicted molar refractivity (Wildman–Crippen MR) is 178 cm³/mol. The van der Waals surface area contributed by atoms with Gasteiger partial charge in [-0.1, -0.05) is 11.2 Å². The number of hydrogen-bond donors (Lipinski definition) is 6. The Hall–Kier alpha value is -6.18. The average molecular weight is 736 g/mol. The highest BCUT2D eigenvalue weighted by atomic mass is 32.2. The number of ketones is 1. The van der Waals surface area contributed by atoms with Gasteiger partial charge in [-0.3, -0.25) is 29.1 Å². The highest BCUT2D eigenvalue weighted by Crippen LogP contribution is 2.45. The number of Topliss-reactive ketones (excluding diaryl/α,β-unsaturated/α-hetero) is 1. The van der Waals surface area contributed by atoms with Crippen LogP contribution in [0.25, 0.3) is 43.9 Å². The smallest absolute Gasteiger partial charge is 0.336 e. The lowest BCUT2D eigenvalue weighted by Gasteiger charge is -2.20. The molecule has 2 heterocycles. The van der Waals surface area contributed by atoms with Crippen molar-refractivity contribution in [1.82, 2.24) is 10.3 Å². The molecule has 51 heavy (non-hydrogen) atoms. The van der Waals surface area contributed by atoms with Gasteiger partial charge in [0.2, 0.25) is 0 Å². The molecule has 0 unspecified atom stereocenters. The van der Waals surface area contributed by atoms with Gasteiger partial charge < -0.3 is 20.6 Å². The summed E-state index contributed by atoms with van der Waals surface area (Å²) in [5.41, 5.74) is 12.7. The molecule has 0 spiro atoms. The second kappa shape index (κ2) is 14.0. The summed E-state index contributed by atoms with van der Waals surface area (Å²) < 4.78 is 75.4. The zero-order valence-electron chi connectivity index (χ0n) is 25.9. The van der Waals surface area contributed by atoms with Gasteiger partial charge in [-0.2, -0.15) is 16.8 Å². The molecule has 1 amide bonds. The van der Waals surface area contributed by atoms with E-state index in [2.05, 4.69) is 20.3 Å². The van der Waals surface area contributed by atoms with E-state index in [0.29, 0.717) is 5.69 Å². The molecule has 2 aliphatic rings. The van der Waals surface area contributed by atoms with Crippen molar-refractivity contribution in [1.29, 1.82) is 5.41 Å². The number of nitrogens with zero attached hydrogens (tertiary/aromatic N) is 4. The van der Waals surface area contributed by atoms with Crippen molar-refractivity contribution in [3.63, 3.8) is 0 Å². The molecule has 0 fully saturated rings. The van der Waals surface area contributed by atoms with Crippen molar-refractivity contribution < 1.29 is 49.8 Å². The van der Waals surface area contributed by atoms with Gasteiger partial charge in [0.15, 0.2) is 26.9 Å².